The molecule has 0 unspecified atom stereocenters. The number of sulfonamides is 2. The molecule has 0 bridgehead atoms. The summed E-state index contributed by atoms with van der Waals surface area (Å²) in [4.78, 5) is 0. The van der Waals surface area contributed by atoms with Crippen molar-refractivity contribution in [3.8, 4) is 24.3 Å². The zero-order valence-corrected chi connectivity index (χ0v) is 20.8. The van der Waals surface area contributed by atoms with Gasteiger partial charge in [-0.1, -0.05) is 0 Å². The van der Waals surface area contributed by atoms with Gasteiger partial charge in [0.1, 0.15) is 0 Å². The monoisotopic (exact) mass is 498 g/mol. The molecule has 0 aliphatic heterocycles. The number of unbranched alkanes of at least 4 members (excludes halogenated alkanes) is 8. The van der Waals surface area contributed by atoms with Crippen LogP contribution in [0.1, 0.15) is 77.0 Å². The van der Waals surface area contributed by atoms with Crippen molar-refractivity contribution in [3.63, 3.8) is 0 Å². The summed E-state index contributed by atoms with van der Waals surface area (Å²) in [7, 11) is -8.27. The largest absolute Gasteiger partial charge is 0.229 e. The lowest BCUT2D eigenvalue weighted by molar-refractivity contribution is 0.384. The molecule has 0 aliphatic carbocycles. The molecule has 12 heteroatoms. The van der Waals surface area contributed by atoms with Crippen molar-refractivity contribution in [2.45, 2.75) is 77.0 Å². The van der Waals surface area contributed by atoms with E-state index in [0.29, 0.717) is 77.0 Å². The maximum atomic E-state index is 13.0. The van der Waals surface area contributed by atoms with Crippen LogP contribution in [-0.2, 0) is 20.0 Å². The molecule has 0 saturated carbocycles. The SMILES string of the molecule is N#CCCCCN(CCCCC#N)S(=O)(=O)CS(=O)(=O)N(CCCCC#N)CCCCC#N. The summed E-state index contributed by atoms with van der Waals surface area (Å²) < 4.78 is 54.5. The Morgan fingerprint density at radius 2 is 0.697 bits per heavy atom. The molecule has 0 N–H and O–H groups in total. The fraction of sp³-hybridized carbons (Fsp3) is 0.810. The molecule has 184 valence electrons. The molecule has 0 fully saturated rings. The lowest BCUT2D eigenvalue weighted by Gasteiger charge is -2.26. The van der Waals surface area contributed by atoms with Gasteiger partial charge in [0.05, 0.1) is 24.3 Å². The van der Waals surface area contributed by atoms with Gasteiger partial charge in [-0.25, -0.2) is 25.4 Å². The van der Waals surface area contributed by atoms with Crippen LogP contribution in [0, 0.1) is 45.3 Å². The normalized spacial score (nSPS) is 11.6. The molecule has 0 aromatic heterocycles. The summed E-state index contributed by atoms with van der Waals surface area (Å²) >= 11 is 0. The van der Waals surface area contributed by atoms with E-state index in [1.807, 2.05) is 24.3 Å². The minimum absolute atomic E-state index is 0.121. The van der Waals surface area contributed by atoms with Gasteiger partial charge in [-0.2, -0.15) is 21.0 Å². The predicted molar refractivity (Wildman–Crippen MR) is 124 cm³/mol. The first-order valence-corrected chi connectivity index (χ1v) is 14.4. The summed E-state index contributed by atoms with van der Waals surface area (Å²) in [6.45, 7) is 0.486. The molecular weight excluding hydrogens is 464 g/mol. The Bertz CT molecular complexity index is 804. The van der Waals surface area contributed by atoms with Crippen LogP contribution in [0.2, 0.25) is 0 Å². The van der Waals surface area contributed by atoms with E-state index in [4.69, 9.17) is 21.0 Å². The number of hydrogen-bond acceptors (Lipinski definition) is 8. The van der Waals surface area contributed by atoms with E-state index in [-0.39, 0.29) is 26.2 Å². The van der Waals surface area contributed by atoms with E-state index >= 15 is 0 Å². The Hall–Kier alpha value is -2.22. The third kappa shape index (κ3) is 14.5. The molecular formula is C21H34N6O4S2. The highest BCUT2D eigenvalue weighted by Gasteiger charge is 2.32. The summed E-state index contributed by atoms with van der Waals surface area (Å²) in [5.74, 6) is 0. The molecule has 0 heterocycles. The van der Waals surface area contributed by atoms with Gasteiger partial charge in [0.15, 0.2) is 5.08 Å². The zero-order valence-electron chi connectivity index (χ0n) is 19.2. The van der Waals surface area contributed by atoms with Crippen molar-refractivity contribution < 1.29 is 16.8 Å². The van der Waals surface area contributed by atoms with E-state index in [9.17, 15) is 16.8 Å². The molecule has 0 radical (unpaired) electrons. The molecule has 0 amide bonds. The molecule has 0 atom stereocenters. The van der Waals surface area contributed by atoms with Crippen molar-refractivity contribution in [1.29, 1.82) is 21.0 Å². The Labute approximate surface area is 199 Å². The smallest absolute Gasteiger partial charge is 0.211 e. The average Bonchev–Trinajstić information content (AvgIpc) is 2.75. The van der Waals surface area contributed by atoms with Gasteiger partial charge in [0.2, 0.25) is 20.0 Å². The van der Waals surface area contributed by atoms with Crippen LogP contribution in [0.15, 0.2) is 0 Å². The van der Waals surface area contributed by atoms with Crippen molar-refractivity contribution in [2.75, 3.05) is 31.3 Å². The first kappa shape index (κ1) is 30.8. The summed E-state index contributed by atoms with van der Waals surface area (Å²) in [6.07, 6.45) is 4.98. The van der Waals surface area contributed by atoms with Gasteiger partial charge in [0.25, 0.3) is 0 Å². The topological polar surface area (TPSA) is 170 Å². The van der Waals surface area contributed by atoms with Gasteiger partial charge in [-0.3, -0.25) is 0 Å². The standard InChI is InChI=1S/C21H34N6O4S2/c22-13-5-1-9-17-26(18-10-2-6-14-23)32(28,29)21-33(30,31)27(19-11-3-7-15-24)20-12-4-8-16-25/h1-12,17-21H2. The summed E-state index contributed by atoms with van der Waals surface area (Å²) in [5.41, 5.74) is 0. The minimum Gasteiger partial charge on any atom is -0.211 e. The van der Waals surface area contributed by atoms with Crippen LogP contribution >= 0.6 is 0 Å². The molecule has 0 rings (SSSR count). The highest BCUT2D eigenvalue weighted by atomic mass is 32.3. The minimum atomic E-state index is -4.14. The zero-order chi connectivity index (χ0) is 25.0. The second-order valence-corrected chi connectivity index (χ2v) is 11.9. The van der Waals surface area contributed by atoms with Crippen LogP contribution < -0.4 is 0 Å². The second-order valence-electron chi connectivity index (χ2n) is 7.60. The number of nitriles is 4. The van der Waals surface area contributed by atoms with Gasteiger partial charge in [-0.15, -0.1) is 0 Å². The van der Waals surface area contributed by atoms with E-state index in [0.717, 1.165) is 8.61 Å². The molecule has 0 aromatic rings. The highest BCUT2D eigenvalue weighted by molar-refractivity contribution is 8.05. The van der Waals surface area contributed by atoms with Crippen molar-refractivity contribution in [2.24, 2.45) is 0 Å². The first-order valence-electron chi connectivity index (χ1n) is 11.2. The number of hydrogen-bond donors (Lipinski definition) is 0. The maximum Gasteiger partial charge on any atom is 0.229 e. The molecule has 10 nitrogen and oxygen atoms in total. The third-order valence-corrected chi connectivity index (χ3v) is 9.56. The maximum absolute atomic E-state index is 13.0. The van der Waals surface area contributed by atoms with Crippen LogP contribution in [0.4, 0.5) is 0 Å². The van der Waals surface area contributed by atoms with Crippen LogP contribution in [-0.4, -0.2) is 56.7 Å². The lowest BCUT2D eigenvalue weighted by atomic mass is 10.2. The molecule has 0 aromatic carbocycles. The molecule has 33 heavy (non-hydrogen) atoms. The fourth-order valence-electron chi connectivity index (χ4n) is 3.09. The Morgan fingerprint density at radius 1 is 0.455 bits per heavy atom. The van der Waals surface area contributed by atoms with Gasteiger partial charge >= 0.3 is 0 Å². The quantitative estimate of drug-likeness (QED) is 0.230. The van der Waals surface area contributed by atoms with E-state index in [1.165, 1.54) is 0 Å². The number of nitrogens with zero attached hydrogens (tertiary/aromatic N) is 6. The Morgan fingerprint density at radius 3 is 0.909 bits per heavy atom. The second kappa shape index (κ2) is 18.2. The van der Waals surface area contributed by atoms with Crippen LogP contribution in [0.5, 0.6) is 0 Å². The molecule has 0 aliphatic rings. The number of rotatable bonds is 20. The van der Waals surface area contributed by atoms with E-state index in [2.05, 4.69) is 0 Å². The predicted octanol–water partition coefficient (Wildman–Crippen LogP) is 2.98. The van der Waals surface area contributed by atoms with Gasteiger partial charge in [0, 0.05) is 51.9 Å². The average molecular weight is 499 g/mol. The van der Waals surface area contributed by atoms with Gasteiger partial charge < -0.3 is 0 Å². The summed E-state index contributed by atoms with van der Waals surface area (Å²) in [6, 6.07) is 8.01. The molecule has 0 spiro atoms. The van der Waals surface area contributed by atoms with Crippen molar-refractivity contribution in [1.82, 2.24) is 8.61 Å². The highest BCUT2D eigenvalue weighted by Crippen LogP contribution is 2.15. The Balaban J connectivity index is 5.38. The van der Waals surface area contributed by atoms with Crippen molar-refractivity contribution >= 4 is 20.0 Å². The van der Waals surface area contributed by atoms with E-state index in [1.54, 1.807) is 0 Å². The molecule has 0 saturated heterocycles. The third-order valence-electron chi connectivity index (χ3n) is 4.87. The van der Waals surface area contributed by atoms with Crippen LogP contribution in [0.3, 0.4) is 0 Å². The fourth-order valence-corrected chi connectivity index (χ4v) is 7.41. The first-order chi connectivity index (χ1) is 15.7. The lowest BCUT2D eigenvalue weighted by Crippen LogP contribution is -2.42. The Kier molecular flexibility index (Phi) is 17.0. The van der Waals surface area contributed by atoms with Crippen LogP contribution in [0.25, 0.3) is 0 Å². The van der Waals surface area contributed by atoms with Crippen molar-refractivity contribution in [3.05, 3.63) is 0 Å². The summed E-state index contributed by atoms with van der Waals surface area (Å²) in [5, 5.41) is 33.7. The van der Waals surface area contributed by atoms with E-state index < -0.39 is 25.1 Å². The van der Waals surface area contributed by atoms with Gasteiger partial charge in [-0.05, 0) is 51.4 Å².